The minimum atomic E-state index is -0.240. The maximum atomic E-state index is 11.1. The molecule has 1 atom stereocenters. The number of ether oxygens (including phenoxy) is 1. The summed E-state index contributed by atoms with van der Waals surface area (Å²) in [6.07, 6.45) is 0.858. The number of hydrogen-bond donors (Lipinski definition) is 2. The number of nitrogens with zero attached hydrogens (tertiary/aromatic N) is 1. The highest BCUT2D eigenvalue weighted by atomic mass is 16.5. The average molecular weight is 173 g/mol. The van der Waals surface area contributed by atoms with Crippen molar-refractivity contribution in [2.45, 2.75) is 18.9 Å². The second kappa shape index (κ2) is 3.28. The Labute approximate surface area is 71.8 Å². The summed E-state index contributed by atoms with van der Waals surface area (Å²) in [5.74, 6) is 5.00. The summed E-state index contributed by atoms with van der Waals surface area (Å²) in [4.78, 5) is 12.7. The number of amides is 2. The zero-order chi connectivity index (χ0) is 9.19. The van der Waals surface area contributed by atoms with Gasteiger partial charge in [0.25, 0.3) is 0 Å². The molecule has 1 saturated heterocycles. The largest absolute Gasteiger partial charge is 0.377 e. The highest BCUT2D eigenvalue weighted by Crippen LogP contribution is 2.23. The van der Waals surface area contributed by atoms with Gasteiger partial charge in [0.2, 0.25) is 0 Å². The molecule has 0 aromatic heterocycles. The lowest BCUT2D eigenvalue weighted by Crippen LogP contribution is -2.44. The van der Waals surface area contributed by atoms with Gasteiger partial charge in [-0.3, -0.25) is 5.43 Å². The minimum Gasteiger partial charge on any atom is -0.377 e. The van der Waals surface area contributed by atoms with E-state index in [1.165, 1.54) is 0 Å². The van der Waals surface area contributed by atoms with Crippen LogP contribution in [0.4, 0.5) is 4.79 Å². The van der Waals surface area contributed by atoms with Crippen molar-refractivity contribution in [3.63, 3.8) is 0 Å². The van der Waals surface area contributed by atoms with E-state index in [1.807, 2.05) is 6.92 Å². The third-order valence-corrected chi connectivity index (χ3v) is 2.34. The van der Waals surface area contributed by atoms with Crippen molar-refractivity contribution in [3.8, 4) is 0 Å². The Bertz CT molecular complexity index is 185. The van der Waals surface area contributed by atoms with Crippen molar-refractivity contribution in [2.75, 3.05) is 20.2 Å². The van der Waals surface area contributed by atoms with Gasteiger partial charge in [0.15, 0.2) is 0 Å². The van der Waals surface area contributed by atoms with Gasteiger partial charge in [0.1, 0.15) is 0 Å². The smallest absolute Gasteiger partial charge is 0.331 e. The van der Waals surface area contributed by atoms with Crippen molar-refractivity contribution < 1.29 is 9.53 Å². The molecule has 1 rings (SSSR count). The van der Waals surface area contributed by atoms with Crippen molar-refractivity contribution >= 4 is 6.03 Å². The molecule has 5 nitrogen and oxygen atoms in total. The lowest BCUT2D eigenvalue weighted by atomic mass is 10.1. The van der Waals surface area contributed by atoms with E-state index in [0.717, 1.165) is 6.42 Å². The Balaban J connectivity index is 2.50. The molecule has 0 aromatic carbocycles. The standard InChI is InChI=1S/C7H15N3O2/c1-7(12-2)3-4-10(5-7)6(11)9-8/h3-5,8H2,1-2H3,(H,9,11). The van der Waals surface area contributed by atoms with E-state index in [1.54, 1.807) is 12.0 Å². The molecule has 0 radical (unpaired) electrons. The quantitative estimate of drug-likeness (QED) is 0.324. The van der Waals surface area contributed by atoms with Crippen LogP contribution in [0.25, 0.3) is 0 Å². The van der Waals surface area contributed by atoms with Gasteiger partial charge in [0, 0.05) is 13.7 Å². The summed E-state index contributed by atoms with van der Waals surface area (Å²) in [6.45, 7) is 3.29. The summed E-state index contributed by atoms with van der Waals surface area (Å²) < 4.78 is 5.26. The average Bonchev–Trinajstić information content (AvgIpc) is 2.48. The molecule has 1 unspecified atom stereocenters. The number of likely N-dealkylation sites (tertiary alicyclic amines) is 1. The molecule has 3 N–H and O–H groups in total. The Morgan fingerprint density at radius 2 is 2.42 bits per heavy atom. The van der Waals surface area contributed by atoms with Crippen molar-refractivity contribution in [1.29, 1.82) is 0 Å². The summed E-state index contributed by atoms with van der Waals surface area (Å²) >= 11 is 0. The molecule has 0 aliphatic carbocycles. The maximum absolute atomic E-state index is 11.1. The number of carbonyl (C=O) groups excluding carboxylic acids is 1. The molecule has 0 spiro atoms. The third-order valence-electron chi connectivity index (χ3n) is 2.34. The summed E-state index contributed by atoms with van der Waals surface area (Å²) in [5.41, 5.74) is 1.90. The SMILES string of the molecule is COC1(C)CCN(C(=O)NN)C1. The number of nitrogens with two attached hydrogens (primary N) is 1. The lowest BCUT2D eigenvalue weighted by Gasteiger charge is -2.22. The Morgan fingerprint density at radius 1 is 1.75 bits per heavy atom. The van der Waals surface area contributed by atoms with Crippen LogP contribution in [-0.2, 0) is 4.74 Å². The highest BCUT2D eigenvalue weighted by Gasteiger charge is 2.35. The summed E-state index contributed by atoms with van der Waals surface area (Å²) in [7, 11) is 1.66. The van der Waals surface area contributed by atoms with Gasteiger partial charge in [-0.25, -0.2) is 10.6 Å². The van der Waals surface area contributed by atoms with E-state index in [9.17, 15) is 4.79 Å². The van der Waals surface area contributed by atoms with Crippen LogP contribution < -0.4 is 11.3 Å². The number of hydrazine groups is 1. The minimum absolute atomic E-state index is 0.202. The molecule has 70 valence electrons. The number of rotatable bonds is 1. The van der Waals surface area contributed by atoms with Crippen LogP contribution in [0.15, 0.2) is 0 Å². The first-order valence-corrected chi connectivity index (χ1v) is 3.92. The molecule has 1 aliphatic heterocycles. The normalized spacial score (nSPS) is 29.1. The van der Waals surface area contributed by atoms with Crippen LogP contribution in [0.2, 0.25) is 0 Å². The topological polar surface area (TPSA) is 67.6 Å². The molecule has 1 fully saturated rings. The molecule has 0 saturated carbocycles. The molecule has 5 heteroatoms. The first-order chi connectivity index (χ1) is 5.61. The molecule has 0 bridgehead atoms. The van der Waals surface area contributed by atoms with Crippen LogP contribution in [0.3, 0.4) is 0 Å². The third kappa shape index (κ3) is 1.67. The van der Waals surface area contributed by atoms with Crippen LogP contribution in [0, 0.1) is 0 Å². The number of methoxy groups -OCH3 is 1. The van der Waals surface area contributed by atoms with Gasteiger partial charge < -0.3 is 9.64 Å². The fraction of sp³-hybridized carbons (Fsp3) is 0.857. The fourth-order valence-corrected chi connectivity index (χ4v) is 1.36. The summed E-state index contributed by atoms with van der Waals surface area (Å²) in [5, 5.41) is 0. The number of carbonyl (C=O) groups is 1. The predicted molar refractivity (Wildman–Crippen MR) is 44.3 cm³/mol. The Morgan fingerprint density at radius 3 is 2.83 bits per heavy atom. The van der Waals surface area contributed by atoms with E-state index in [4.69, 9.17) is 10.6 Å². The van der Waals surface area contributed by atoms with E-state index in [2.05, 4.69) is 5.43 Å². The van der Waals surface area contributed by atoms with Crippen LogP contribution in [0.1, 0.15) is 13.3 Å². The van der Waals surface area contributed by atoms with Gasteiger partial charge in [0.05, 0.1) is 12.1 Å². The van der Waals surface area contributed by atoms with Crippen molar-refractivity contribution in [1.82, 2.24) is 10.3 Å². The van der Waals surface area contributed by atoms with E-state index in [0.29, 0.717) is 13.1 Å². The van der Waals surface area contributed by atoms with Crippen molar-refractivity contribution in [2.24, 2.45) is 5.84 Å². The van der Waals surface area contributed by atoms with E-state index < -0.39 is 0 Å². The molecular weight excluding hydrogens is 158 g/mol. The van der Waals surface area contributed by atoms with E-state index >= 15 is 0 Å². The maximum Gasteiger partial charge on any atom is 0.331 e. The fourth-order valence-electron chi connectivity index (χ4n) is 1.36. The van der Waals surface area contributed by atoms with Crippen LogP contribution >= 0.6 is 0 Å². The van der Waals surface area contributed by atoms with Crippen LogP contribution in [0.5, 0.6) is 0 Å². The molecule has 2 amide bonds. The molecule has 1 heterocycles. The van der Waals surface area contributed by atoms with Gasteiger partial charge >= 0.3 is 6.03 Å². The zero-order valence-electron chi connectivity index (χ0n) is 7.46. The first-order valence-electron chi connectivity index (χ1n) is 3.92. The molecule has 1 aliphatic rings. The van der Waals surface area contributed by atoms with Crippen LogP contribution in [-0.4, -0.2) is 36.7 Å². The monoisotopic (exact) mass is 173 g/mol. The number of hydrogen-bond acceptors (Lipinski definition) is 3. The number of nitrogens with one attached hydrogen (secondary N) is 1. The predicted octanol–water partition coefficient (Wildman–Crippen LogP) is -0.319. The summed E-state index contributed by atoms with van der Waals surface area (Å²) in [6, 6.07) is -0.240. The van der Waals surface area contributed by atoms with Gasteiger partial charge in [-0.2, -0.15) is 0 Å². The Hall–Kier alpha value is -0.810. The van der Waals surface area contributed by atoms with Gasteiger partial charge in [-0.05, 0) is 13.3 Å². The zero-order valence-corrected chi connectivity index (χ0v) is 7.46. The first kappa shape index (κ1) is 9.28. The van der Waals surface area contributed by atoms with E-state index in [-0.39, 0.29) is 11.6 Å². The molecular formula is C7H15N3O2. The van der Waals surface area contributed by atoms with Crippen molar-refractivity contribution in [3.05, 3.63) is 0 Å². The molecule has 12 heavy (non-hydrogen) atoms. The Kier molecular flexibility index (Phi) is 2.54. The molecule has 0 aromatic rings. The van der Waals surface area contributed by atoms with Gasteiger partial charge in [-0.1, -0.05) is 0 Å². The number of urea groups is 1. The highest BCUT2D eigenvalue weighted by molar-refractivity contribution is 5.73. The second-order valence-electron chi connectivity index (χ2n) is 3.28. The lowest BCUT2D eigenvalue weighted by molar-refractivity contribution is 0.0175. The second-order valence-corrected chi connectivity index (χ2v) is 3.28. The van der Waals surface area contributed by atoms with Gasteiger partial charge in [-0.15, -0.1) is 0 Å².